The van der Waals surface area contributed by atoms with Gasteiger partial charge in [-0.1, -0.05) is 104 Å². The van der Waals surface area contributed by atoms with Crippen LogP contribution >= 0.6 is 0 Å². The Morgan fingerprint density at radius 3 is 1.92 bits per heavy atom. The average molecular weight is 848 g/mol. The monoisotopic (exact) mass is 847 g/mol. The summed E-state index contributed by atoms with van der Waals surface area (Å²) in [4.78, 5) is 33.0. The standard InChI is InChI=1S/C45H42F5N3O6S/c46-38-39(47)41(49)43(42(50)40(38)48)60(56,57)53-24-10-17-36(53)45(55)52(26-29-18-20-33(21-19-29)32-15-8-3-9-16-32)34-22-23-35(37(25-34)58-27-30-11-4-1-5-12-30)44(54)51-59-28-31-13-6-2-7-14-31/h1-2,4-7,11-14,18-23,25,32,36H,3,8-10,15-17,24,26-28H2,(H,51,54)/t36-/m1/s1. The van der Waals surface area contributed by atoms with Gasteiger partial charge in [0.15, 0.2) is 28.2 Å². The number of hydrogen-bond donors (Lipinski definition) is 1. The molecule has 2 fully saturated rings. The molecule has 2 aliphatic rings. The Morgan fingerprint density at radius 2 is 1.28 bits per heavy atom. The number of halogens is 5. The maximum Gasteiger partial charge on any atom is 0.278 e. The lowest BCUT2D eigenvalue weighted by molar-refractivity contribution is -0.121. The normalized spacial score (nSPS) is 16.1. The van der Waals surface area contributed by atoms with Gasteiger partial charge in [-0.2, -0.15) is 4.31 Å². The fourth-order valence-electron chi connectivity index (χ4n) is 7.73. The van der Waals surface area contributed by atoms with Gasteiger partial charge in [0.05, 0.1) is 18.7 Å². The quantitative estimate of drug-likeness (QED) is 0.0518. The third kappa shape index (κ3) is 9.23. The number of rotatable bonds is 14. The molecule has 9 nitrogen and oxygen atoms in total. The van der Waals surface area contributed by atoms with Crippen LogP contribution in [0, 0.1) is 29.1 Å². The van der Waals surface area contributed by atoms with Crippen molar-refractivity contribution in [3.63, 3.8) is 0 Å². The smallest absolute Gasteiger partial charge is 0.278 e. The van der Waals surface area contributed by atoms with Crippen LogP contribution in [-0.4, -0.2) is 37.1 Å². The summed E-state index contributed by atoms with van der Waals surface area (Å²) in [5, 5.41) is 0. The summed E-state index contributed by atoms with van der Waals surface area (Å²) < 4.78 is 107. The molecule has 1 heterocycles. The summed E-state index contributed by atoms with van der Waals surface area (Å²) in [5.74, 6) is -13.5. The van der Waals surface area contributed by atoms with Crippen molar-refractivity contribution in [2.45, 2.75) is 81.6 Å². The van der Waals surface area contributed by atoms with Crippen LogP contribution < -0.4 is 15.1 Å². The predicted molar refractivity (Wildman–Crippen MR) is 213 cm³/mol. The molecule has 1 aliphatic carbocycles. The second kappa shape index (κ2) is 18.7. The molecule has 314 valence electrons. The molecule has 0 spiro atoms. The lowest BCUT2D eigenvalue weighted by atomic mass is 9.84. The molecule has 1 saturated carbocycles. The van der Waals surface area contributed by atoms with E-state index in [1.807, 2.05) is 84.9 Å². The van der Waals surface area contributed by atoms with Gasteiger partial charge in [-0.3, -0.25) is 14.4 Å². The molecule has 60 heavy (non-hydrogen) atoms. The maximum atomic E-state index is 15.0. The van der Waals surface area contributed by atoms with Crippen LogP contribution in [0.15, 0.2) is 108 Å². The first-order chi connectivity index (χ1) is 28.9. The Morgan fingerprint density at radius 1 is 0.683 bits per heavy atom. The van der Waals surface area contributed by atoms with Gasteiger partial charge in [0.1, 0.15) is 18.4 Å². The first kappa shape index (κ1) is 42.5. The van der Waals surface area contributed by atoms with Crippen LogP contribution in [0.3, 0.4) is 0 Å². The zero-order valence-corrected chi connectivity index (χ0v) is 33.2. The van der Waals surface area contributed by atoms with Crippen molar-refractivity contribution in [1.82, 2.24) is 9.79 Å². The second-order valence-electron chi connectivity index (χ2n) is 14.8. The van der Waals surface area contributed by atoms with E-state index < -0.39 is 68.4 Å². The van der Waals surface area contributed by atoms with E-state index in [0.29, 0.717) is 15.8 Å². The fraction of sp³-hybridized carbons (Fsp3) is 0.289. The highest BCUT2D eigenvalue weighted by atomic mass is 32.2. The van der Waals surface area contributed by atoms with E-state index in [9.17, 15) is 40.0 Å². The van der Waals surface area contributed by atoms with Crippen LogP contribution in [0.25, 0.3) is 0 Å². The maximum absolute atomic E-state index is 15.0. The highest BCUT2D eigenvalue weighted by molar-refractivity contribution is 7.89. The summed E-state index contributed by atoms with van der Waals surface area (Å²) in [5.41, 5.74) is 6.00. The number of carbonyl (C=O) groups excluding carboxylic acids is 2. The molecular formula is C45H42F5N3O6S. The zero-order valence-electron chi connectivity index (χ0n) is 32.4. The number of nitrogens with zero attached hydrogens (tertiary/aromatic N) is 2. The van der Waals surface area contributed by atoms with Gasteiger partial charge < -0.3 is 9.64 Å². The molecule has 1 N–H and O–H groups in total. The van der Waals surface area contributed by atoms with Gasteiger partial charge >= 0.3 is 0 Å². The van der Waals surface area contributed by atoms with Gasteiger partial charge in [-0.15, -0.1) is 0 Å². The Bertz CT molecular complexity index is 2410. The fourth-order valence-corrected chi connectivity index (χ4v) is 9.50. The molecule has 5 aromatic carbocycles. The molecule has 0 unspecified atom stereocenters. The average Bonchev–Trinajstić information content (AvgIpc) is 3.79. The second-order valence-corrected chi connectivity index (χ2v) is 16.7. The van der Waals surface area contributed by atoms with Crippen LogP contribution in [-0.2, 0) is 39.4 Å². The Kier molecular flexibility index (Phi) is 13.3. The molecular weight excluding hydrogens is 806 g/mol. The number of benzene rings is 5. The Balaban J connectivity index is 1.25. The highest BCUT2D eigenvalue weighted by Gasteiger charge is 2.45. The molecule has 1 aliphatic heterocycles. The lowest BCUT2D eigenvalue weighted by Gasteiger charge is -2.31. The number of anilines is 1. The lowest BCUT2D eigenvalue weighted by Crippen LogP contribution is -2.48. The van der Waals surface area contributed by atoms with E-state index in [1.165, 1.54) is 29.5 Å². The van der Waals surface area contributed by atoms with Gasteiger partial charge in [0.25, 0.3) is 5.91 Å². The number of hydrogen-bond acceptors (Lipinski definition) is 6. The first-order valence-electron chi connectivity index (χ1n) is 19.6. The van der Waals surface area contributed by atoms with Crippen molar-refractivity contribution in [3.8, 4) is 5.75 Å². The molecule has 5 aromatic rings. The molecule has 1 saturated heterocycles. The van der Waals surface area contributed by atoms with Gasteiger partial charge in [-0.05, 0) is 66.0 Å². The first-order valence-corrected chi connectivity index (χ1v) is 21.1. The topological polar surface area (TPSA) is 105 Å². The van der Waals surface area contributed by atoms with E-state index in [0.717, 1.165) is 42.4 Å². The third-order valence-corrected chi connectivity index (χ3v) is 12.8. The number of ether oxygens (including phenoxy) is 1. The summed E-state index contributed by atoms with van der Waals surface area (Å²) in [6, 6.07) is 28.7. The largest absolute Gasteiger partial charge is 0.488 e. The number of nitrogens with one attached hydrogen (secondary N) is 1. The van der Waals surface area contributed by atoms with Crippen molar-refractivity contribution < 1.29 is 49.5 Å². The zero-order chi connectivity index (χ0) is 42.4. The van der Waals surface area contributed by atoms with Crippen molar-refractivity contribution in [2.24, 2.45) is 0 Å². The summed E-state index contributed by atoms with van der Waals surface area (Å²) >= 11 is 0. The van der Waals surface area contributed by atoms with Crippen LogP contribution in [0.4, 0.5) is 27.6 Å². The van der Waals surface area contributed by atoms with Crippen molar-refractivity contribution >= 4 is 27.5 Å². The summed E-state index contributed by atoms with van der Waals surface area (Å²) in [6.45, 7) is -0.475. The predicted octanol–water partition coefficient (Wildman–Crippen LogP) is 9.26. The summed E-state index contributed by atoms with van der Waals surface area (Å²) in [7, 11) is -5.46. The number of carbonyl (C=O) groups is 2. The minimum Gasteiger partial charge on any atom is -0.488 e. The summed E-state index contributed by atoms with van der Waals surface area (Å²) in [6.07, 6.45) is 5.47. The van der Waals surface area contributed by atoms with Gasteiger partial charge in [0, 0.05) is 18.3 Å². The van der Waals surface area contributed by atoms with Gasteiger partial charge in [0.2, 0.25) is 21.7 Å². The minimum atomic E-state index is -5.46. The number of hydroxylamine groups is 1. The molecule has 0 aromatic heterocycles. The molecule has 15 heteroatoms. The Hall–Kier alpha value is -5.64. The van der Waals surface area contributed by atoms with E-state index in [-0.39, 0.29) is 49.6 Å². The van der Waals surface area contributed by atoms with Crippen LogP contribution in [0.1, 0.15) is 83.5 Å². The van der Waals surface area contributed by atoms with Crippen molar-refractivity contribution in [3.05, 3.63) is 160 Å². The van der Waals surface area contributed by atoms with Crippen molar-refractivity contribution in [1.29, 1.82) is 0 Å². The van der Waals surface area contributed by atoms with E-state index in [4.69, 9.17) is 9.57 Å². The number of amides is 2. The minimum absolute atomic E-state index is 0.0165. The Labute approximate surface area is 344 Å². The van der Waals surface area contributed by atoms with Crippen LogP contribution in [0.5, 0.6) is 5.75 Å². The van der Waals surface area contributed by atoms with Gasteiger partial charge in [-0.25, -0.2) is 35.8 Å². The molecule has 1 atom stereocenters. The molecule has 0 radical (unpaired) electrons. The number of sulfonamides is 1. The molecule has 0 bridgehead atoms. The van der Waals surface area contributed by atoms with E-state index >= 15 is 0 Å². The highest BCUT2D eigenvalue weighted by Crippen LogP contribution is 2.37. The third-order valence-electron chi connectivity index (χ3n) is 10.9. The van der Waals surface area contributed by atoms with Crippen LogP contribution in [0.2, 0.25) is 0 Å². The molecule has 7 rings (SSSR count). The molecule has 2 amide bonds. The van der Waals surface area contributed by atoms with Crippen molar-refractivity contribution in [2.75, 3.05) is 11.4 Å². The SMILES string of the molecule is O=C(NOCc1ccccc1)c1ccc(N(Cc2ccc(C3CCCCC3)cc2)C(=O)[C@H]2CCCN2S(=O)(=O)c2c(F)c(F)c(F)c(F)c2F)cc1OCc1ccccc1. The van der Waals surface area contributed by atoms with E-state index in [2.05, 4.69) is 5.48 Å². The van der Waals surface area contributed by atoms with E-state index in [1.54, 1.807) is 0 Å².